The Kier molecular flexibility index (Phi) is 10.5. The highest BCUT2D eigenvalue weighted by Gasteiger charge is 2.45. The molecule has 12 heteroatoms. The van der Waals surface area contributed by atoms with E-state index in [4.69, 9.17) is 18.9 Å². The predicted molar refractivity (Wildman–Crippen MR) is 144 cm³/mol. The molecular formula is C29H36O12. The van der Waals surface area contributed by atoms with Crippen LogP contribution >= 0.6 is 0 Å². The summed E-state index contributed by atoms with van der Waals surface area (Å²) < 4.78 is 22.0. The van der Waals surface area contributed by atoms with Crippen LogP contribution in [0.3, 0.4) is 0 Å². The van der Waals surface area contributed by atoms with Crippen molar-refractivity contribution in [1.82, 2.24) is 0 Å². The molecule has 11 atom stereocenters. The zero-order valence-corrected chi connectivity index (χ0v) is 22.0. The van der Waals surface area contributed by atoms with Crippen molar-refractivity contribution in [2.24, 2.45) is 0 Å². The van der Waals surface area contributed by atoms with Crippen LogP contribution in [-0.2, 0) is 9.47 Å². The van der Waals surface area contributed by atoms with Gasteiger partial charge in [-0.15, -0.1) is 6.58 Å². The highest BCUT2D eigenvalue weighted by Crippen LogP contribution is 2.28. The largest absolute Gasteiger partial charge is 0.462 e. The molecule has 0 radical (unpaired) electrons. The van der Waals surface area contributed by atoms with Gasteiger partial charge in [0, 0.05) is 5.92 Å². The maximum atomic E-state index is 10.2. The van der Waals surface area contributed by atoms with Crippen LogP contribution in [0.1, 0.15) is 17.0 Å². The minimum absolute atomic E-state index is 0.165. The van der Waals surface area contributed by atoms with Crippen LogP contribution < -0.4 is 9.47 Å². The van der Waals surface area contributed by atoms with Gasteiger partial charge in [-0.25, -0.2) is 0 Å². The van der Waals surface area contributed by atoms with Crippen LogP contribution in [0.5, 0.6) is 11.5 Å². The first kappa shape index (κ1) is 31.1. The highest BCUT2D eigenvalue weighted by molar-refractivity contribution is 5.53. The summed E-state index contributed by atoms with van der Waals surface area (Å²) in [6, 6.07) is 13.8. The van der Waals surface area contributed by atoms with Gasteiger partial charge < -0.3 is 59.8 Å². The Labute approximate surface area is 236 Å². The molecule has 2 fully saturated rings. The van der Waals surface area contributed by atoms with Gasteiger partial charge in [0.25, 0.3) is 0 Å². The molecule has 0 bridgehead atoms. The molecule has 0 aliphatic carbocycles. The van der Waals surface area contributed by atoms with Crippen molar-refractivity contribution in [2.45, 2.75) is 67.3 Å². The fourth-order valence-electron chi connectivity index (χ4n) is 4.56. The number of aliphatic hydroxyl groups excluding tert-OH is 8. The summed E-state index contributed by atoms with van der Waals surface area (Å²) in [7, 11) is 0. The lowest BCUT2D eigenvalue weighted by Crippen LogP contribution is -2.60. The Morgan fingerprint density at radius 1 is 0.659 bits per heavy atom. The van der Waals surface area contributed by atoms with E-state index in [-0.39, 0.29) is 5.92 Å². The Hall–Kier alpha value is -2.88. The summed E-state index contributed by atoms with van der Waals surface area (Å²) >= 11 is 0. The van der Waals surface area contributed by atoms with Crippen molar-refractivity contribution >= 4 is 6.08 Å². The highest BCUT2D eigenvalue weighted by atomic mass is 16.7. The molecule has 41 heavy (non-hydrogen) atoms. The van der Waals surface area contributed by atoms with Gasteiger partial charge in [0.1, 0.15) is 60.3 Å². The van der Waals surface area contributed by atoms with Crippen molar-refractivity contribution in [1.29, 1.82) is 0 Å². The van der Waals surface area contributed by atoms with Gasteiger partial charge in [-0.3, -0.25) is 0 Å². The molecule has 0 spiro atoms. The first-order valence-corrected chi connectivity index (χ1v) is 13.1. The number of benzene rings is 2. The number of rotatable bonds is 10. The topological polar surface area (TPSA) is 199 Å². The first-order chi connectivity index (χ1) is 19.7. The van der Waals surface area contributed by atoms with Crippen LogP contribution in [0, 0.1) is 0 Å². The van der Waals surface area contributed by atoms with Gasteiger partial charge >= 0.3 is 0 Å². The molecule has 2 heterocycles. The predicted octanol–water partition coefficient (Wildman–Crippen LogP) is -0.973. The summed E-state index contributed by atoms with van der Waals surface area (Å²) in [5, 5.41) is 78.7. The van der Waals surface area contributed by atoms with Crippen molar-refractivity contribution in [3.63, 3.8) is 0 Å². The number of ether oxygens (including phenoxy) is 4. The third-order valence-electron chi connectivity index (χ3n) is 7.10. The quantitative estimate of drug-likeness (QED) is 0.161. The maximum Gasteiger partial charge on any atom is 0.229 e. The van der Waals surface area contributed by atoms with E-state index in [1.165, 1.54) is 0 Å². The van der Waals surface area contributed by atoms with Crippen molar-refractivity contribution < 1.29 is 59.8 Å². The van der Waals surface area contributed by atoms with E-state index in [2.05, 4.69) is 6.58 Å². The smallest absolute Gasteiger partial charge is 0.229 e. The van der Waals surface area contributed by atoms with Gasteiger partial charge in [0.05, 0.1) is 13.2 Å². The second kappa shape index (κ2) is 13.9. The monoisotopic (exact) mass is 576 g/mol. The summed E-state index contributed by atoms with van der Waals surface area (Å²) in [6.45, 7) is 2.80. The average molecular weight is 577 g/mol. The Morgan fingerprint density at radius 3 is 1.51 bits per heavy atom. The minimum Gasteiger partial charge on any atom is -0.462 e. The summed E-state index contributed by atoms with van der Waals surface area (Å²) in [4.78, 5) is 0. The Balaban J connectivity index is 1.35. The first-order valence-electron chi connectivity index (χ1n) is 13.1. The molecule has 11 unspecified atom stereocenters. The van der Waals surface area contributed by atoms with Crippen LogP contribution in [0.25, 0.3) is 6.08 Å². The van der Waals surface area contributed by atoms with Gasteiger partial charge in [0.2, 0.25) is 12.6 Å². The van der Waals surface area contributed by atoms with Crippen LogP contribution in [0.15, 0.2) is 67.3 Å². The van der Waals surface area contributed by atoms with Crippen molar-refractivity contribution in [3.8, 4) is 11.5 Å². The molecule has 224 valence electrons. The van der Waals surface area contributed by atoms with Crippen molar-refractivity contribution in [3.05, 3.63) is 78.4 Å². The Bertz CT molecular complexity index is 1140. The molecular weight excluding hydrogens is 540 g/mol. The van der Waals surface area contributed by atoms with Gasteiger partial charge in [-0.1, -0.05) is 42.5 Å². The summed E-state index contributed by atoms with van der Waals surface area (Å²) in [5.41, 5.74) is 1.72. The van der Waals surface area contributed by atoms with E-state index in [1.54, 1.807) is 54.6 Å². The van der Waals surface area contributed by atoms with Gasteiger partial charge in [0.15, 0.2) is 0 Å². The number of hydrogen-bond donors (Lipinski definition) is 8. The molecule has 2 aliphatic rings. The van der Waals surface area contributed by atoms with Crippen LogP contribution in [0.4, 0.5) is 0 Å². The molecule has 0 aromatic heterocycles. The minimum atomic E-state index is -1.53. The lowest BCUT2D eigenvalue weighted by Gasteiger charge is -2.39. The van der Waals surface area contributed by atoms with Gasteiger partial charge in [-0.05, 0) is 35.4 Å². The zero-order valence-electron chi connectivity index (χ0n) is 22.0. The SMILES string of the molecule is C=CC(/C=C/c1ccc(OC2OC(CO)C(O)C(O)C2O)cc1)c1ccc(OC2OC(CO)C(O)C(O)C2O)cc1. The second-order valence-electron chi connectivity index (χ2n) is 9.89. The van der Waals surface area contributed by atoms with Crippen molar-refractivity contribution in [2.75, 3.05) is 13.2 Å². The molecule has 0 amide bonds. The molecule has 2 aliphatic heterocycles. The molecule has 0 saturated carbocycles. The van der Waals surface area contributed by atoms with E-state index in [0.717, 1.165) is 11.1 Å². The number of aliphatic hydroxyl groups is 8. The van der Waals surface area contributed by atoms with E-state index in [0.29, 0.717) is 11.5 Å². The van der Waals surface area contributed by atoms with E-state index in [9.17, 15) is 40.9 Å². The molecule has 2 aromatic rings. The average Bonchev–Trinajstić information content (AvgIpc) is 2.99. The van der Waals surface area contributed by atoms with Crippen LogP contribution in [0.2, 0.25) is 0 Å². The maximum absolute atomic E-state index is 10.2. The molecule has 4 rings (SSSR count). The summed E-state index contributed by atoms with van der Waals surface area (Å²) in [5.74, 6) is 0.531. The third kappa shape index (κ3) is 7.13. The Morgan fingerprint density at radius 2 is 1.10 bits per heavy atom. The second-order valence-corrected chi connectivity index (χ2v) is 9.89. The van der Waals surface area contributed by atoms with E-state index >= 15 is 0 Å². The number of allylic oxidation sites excluding steroid dienone is 2. The van der Waals surface area contributed by atoms with Crippen LogP contribution in [-0.4, -0.2) is 115 Å². The fraction of sp³-hybridized carbons (Fsp3) is 0.448. The molecule has 8 N–H and O–H groups in total. The standard InChI is InChI=1S/C29H36O12/c1-2-16(17-7-11-19(12-8-17)39-29-27(37)25(35)23(33)21(14-31)41-29)6-3-15-4-9-18(10-5-15)38-28-26(36)24(34)22(32)20(13-30)40-28/h2-12,16,20-37H,1,13-14H2/b6-3+. The summed E-state index contributed by atoms with van der Waals surface area (Å²) in [6.07, 6.45) is -8.15. The number of hydrogen-bond acceptors (Lipinski definition) is 12. The molecule has 12 nitrogen and oxygen atoms in total. The van der Waals surface area contributed by atoms with E-state index < -0.39 is 74.6 Å². The van der Waals surface area contributed by atoms with Gasteiger partial charge in [-0.2, -0.15) is 0 Å². The molecule has 2 aromatic carbocycles. The van der Waals surface area contributed by atoms with E-state index in [1.807, 2.05) is 12.2 Å². The lowest BCUT2D eigenvalue weighted by molar-refractivity contribution is -0.277. The zero-order chi connectivity index (χ0) is 29.7. The molecule has 2 saturated heterocycles. The fourth-order valence-corrected chi connectivity index (χ4v) is 4.56. The lowest BCUT2D eigenvalue weighted by atomic mass is 9.97. The normalized spacial score (nSPS) is 34.7. The third-order valence-corrected chi connectivity index (χ3v) is 7.10.